The maximum atomic E-state index is 5.70. The highest BCUT2D eigenvalue weighted by Gasteiger charge is 2.31. The van der Waals surface area contributed by atoms with Crippen LogP contribution in [-0.2, 0) is 19.4 Å². The number of benzene rings is 2. The van der Waals surface area contributed by atoms with E-state index in [-0.39, 0.29) is 17.0 Å². The van der Waals surface area contributed by atoms with Gasteiger partial charge in [0.2, 0.25) is 12.5 Å². The SMILES string of the molecule is CCc1c2[n+](cc3c(OC)c(OC)ccc13)CCc1cc3c(cc1-2)OCO3.[Br-]. The molecule has 0 N–H and O–H groups in total. The Labute approximate surface area is 174 Å². The van der Waals surface area contributed by atoms with Crippen LogP contribution in [0.4, 0.5) is 0 Å². The predicted molar refractivity (Wildman–Crippen MR) is 102 cm³/mol. The second-order valence-corrected chi connectivity index (χ2v) is 6.88. The summed E-state index contributed by atoms with van der Waals surface area (Å²) in [5.41, 5.74) is 5.12. The summed E-state index contributed by atoms with van der Waals surface area (Å²) in [4.78, 5) is 0. The molecule has 0 radical (unpaired) electrons. The molecule has 0 saturated carbocycles. The van der Waals surface area contributed by atoms with E-state index in [4.69, 9.17) is 18.9 Å². The Morgan fingerprint density at radius 2 is 1.82 bits per heavy atom. The largest absolute Gasteiger partial charge is 1.00 e. The molecule has 1 aromatic heterocycles. The highest BCUT2D eigenvalue weighted by molar-refractivity contribution is 5.95. The first-order chi connectivity index (χ1) is 13.2. The fourth-order valence-electron chi connectivity index (χ4n) is 4.37. The second kappa shape index (κ2) is 7.17. The summed E-state index contributed by atoms with van der Waals surface area (Å²) >= 11 is 0. The van der Waals surface area contributed by atoms with Gasteiger partial charge in [-0.15, -0.1) is 0 Å². The summed E-state index contributed by atoms with van der Waals surface area (Å²) in [6.45, 7) is 3.42. The van der Waals surface area contributed by atoms with Gasteiger partial charge in [0.05, 0.1) is 25.2 Å². The lowest BCUT2D eigenvalue weighted by Crippen LogP contribution is -3.00. The van der Waals surface area contributed by atoms with Crippen LogP contribution in [0.1, 0.15) is 18.1 Å². The smallest absolute Gasteiger partial charge is 0.231 e. The van der Waals surface area contributed by atoms with Crippen LogP contribution >= 0.6 is 0 Å². The van der Waals surface area contributed by atoms with Crippen molar-refractivity contribution in [1.82, 2.24) is 0 Å². The monoisotopic (exact) mass is 443 g/mol. The van der Waals surface area contributed by atoms with E-state index in [2.05, 4.69) is 35.9 Å². The van der Waals surface area contributed by atoms with Gasteiger partial charge in [-0.3, -0.25) is 0 Å². The minimum absolute atomic E-state index is 0. The molecule has 0 spiro atoms. The third kappa shape index (κ3) is 2.62. The summed E-state index contributed by atoms with van der Waals surface area (Å²) in [5.74, 6) is 3.23. The van der Waals surface area contributed by atoms with E-state index in [1.807, 2.05) is 6.07 Å². The zero-order valence-corrected chi connectivity index (χ0v) is 17.8. The Morgan fingerprint density at radius 1 is 1.04 bits per heavy atom. The second-order valence-electron chi connectivity index (χ2n) is 6.88. The highest BCUT2D eigenvalue weighted by Crippen LogP contribution is 2.43. The molecule has 0 amide bonds. The van der Waals surface area contributed by atoms with Gasteiger partial charge in [0.15, 0.2) is 35.7 Å². The normalized spacial score (nSPS) is 13.5. The highest BCUT2D eigenvalue weighted by atomic mass is 79.9. The van der Waals surface area contributed by atoms with Crippen molar-refractivity contribution in [3.63, 3.8) is 0 Å². The maximum absolute atomic E-state index is 5.70. The molecule has 0 saturated heterocycles. The van der Waals surface area contributed by atoms with Gasteiger partial charge in [-0.1, -0.05) is 6.92 Å². The fourth-order valence-corrected chi connectivity index (χ4v) is 4.37. The van der Waals surface area contributed by atoms with Gasteiger partial charge < -0.3 is 35.9 Å². The zero-order chi connectivity index (χ0) is 18.5. The lowest BCUT2D eigenvalue weighted by atomic mass is 9.90. The molecule has 3 aromatic rings. The predicted octanol–water partition coefficient (Wildman–Crippen LogP) is 0.663. The number of ether oxygens (including phenoxy) is 4. The number of nitrogens with zero attached hydrogens (tertiary/aromatic N) is 1. The number of fused-ring (bicyclic) bond motifs is 5. The minimum Gasteiger partial charge on any atom is -1.00 e. The fraction of sp³-hybridized carbons (Fsp3) is 0.318. The van der Waals surface area contributed by atoms with Crippen molar-refractivity contribution in [2.45, 2.75) is 26.3 Å². The van der Waals surface area contributed by atoms with Gasteiger partial charge in [0, 0.05) is 17.4 Å². The van der Waals surface area contributed by atoms with Crippen LogP contribution in [0.25, 0.3) is 22.0 Å². The third-order valence-electron chi connectivity index (χ3n) is 5.60. The molecule has 3 heterocycles. The molecular weight excluding hydrogens is 422 g/mol. The molecule has 0 atom stereocenters. The first-order valence-corrected chi connectivity index (χ1v) is 9.28. The van der Waals surface area contributed by atoms with E-state index in [1.54, 1.807) is 14.2 Å². The number of rotatable bonds is 3. The number of halogens is 1. The summed E-state index contributed by atoms with van der Waals surface area (Å²) in [5, 5.41) is 2.29. The van der Waals surface area contributed by atoms with E-state index in [0.29, 0.717) is 6.79 Å². The van der Waals surface area contributed by atoms with Crippen molar-refractivity contribution < 1.29 is 40.5 Å². The van der Waals surface area contributed by atoms with Crippen LogP contribution in [0.3, 0.4) is 0 Å². The lowest BCUT2D eigenvalue weighted by Gasteiger charge is -2.20. The molecule has 0 bridgehead atoms. The third-order valence-corrected chi connectivity index (χ3v) is 5.60. The van der Waals surface area contributed by atoms with E-state index >= 15 is 0 Å². The molecule has 5 nitrogen and oxygen atoms in total. The number of hydrogen-bond acceptors (Lipinski definition) is 4. The number of methoxy groups -OCH3 is 2. The van der Waals surface area contributed by atoms with Gasteiger partial charge >= 0.3 is 0 Å². The lowest BCUT2D eigenvalue weighted by molar-refractivity contribution is -0.686. The van der Waals surface area contributed by atoms with E-state index < -0.39 is 0 Å². The van der Waals surface area contributed by atoms with Crippen molar-refractivity contribution in [3.05, 3.63) is 41.6 Å². The average molecular weight is 444 g/mol. The Morgan fingerprint density at radius 3 is 2.54 bits per heavy atom. The van der Waals surface area contributed by atoms with E-state index in [1.165, 1.54) is 27.8 Å². The zero-order valence-electron chi connectivity index (χ0n) is 16.2. The molecular formula is C22H22BrNO4. The number of pyridine rings is 1. The van der Waals surface area contributed by atoms with Crippen molar-refractivity contribution in [3.8, 4) is 34.3 Å². The first kappa shape index (κ1) is 18.9. The molecule has 6 heteroatoms. The van der Waals surface area contributed by atoms with Gasteiger partial charge in [-0.25, -0.2) is 0 Å². The summed E-state index contributed by atoms with van der Waals surface area (Å²) in [6.07, 6.45) is 4.08. The minimum atomic E-state index is 0. The Balaban J connectivity index is 0.00000192. The number of hydrogen-bond donors (Lipinski definition) is 0. The molecule has 0 unspecified atom stereocenters. The van der Waals surface area contributed by atoms with Gasteiger partial charge in [-0.05, 0) is 36.2 Å². The van der Waals surface area contributed by atoms with Crippen LogP contribution in [0, 0.1) is 0 Å². The van der Waals surface area contributed by atoms with Crippen LogP contribution in [0.5, 0.6) is 23.0 Å². The van der Waals surface area contributed by atoms with E-state index in [9.17, 15) is 0 Å². The van der Waals surface area contributed by atoms with Gasteiger partial charge in [0.25, 0.3) is 0 Å². The molecule has 2 aliphatic heterocycles. The average Bonchev–Trinajstić information content (AvgIpc) is 3.16. The number of aryl methyl sites for hydroxylation is 3. The Kier molecular flexibility index (Phi) is 4.83. The van der Waals surface area contributed by atoms with Crippen LogP contribution in [-0.4, -0.2) is 21.0 Å². The van der Waals surface area contributed by atoms with Crippen molar-refractivity contribution in [1.29, 1.82) is 0 Å². The first-order valence-electron chi connectivity index (χ1n) is 9.28. The molecule has 0 aliphatic carbocycles. The Hall–Kier alpha value is -2.47. The topological polar surface area (TPSA) is 40.8 Å². The summed E-state index contributed by atoms with van der Waals surface area (Å²) < 4.78 is 24.8. The van der Waals surface area contributed by atoms with Crippen LogP contribution in [0.2, 0.25) is 0 Å². The molecule has 2 aromatic carbocycles. The standard InChI is InChI=1S/C22H22NO4.BrH/c1-4-14-15-5-6-18(24-2)22(25-3)17(15)11-23-8-7-13-9-19-20(27-12-26-19)10-16(13)21(14)23;/h5-6,9-11H,4,7-8,12H2,1-3H3;1H/q+1;/p-1. The van der Waals surface area contributed by atoms with Crippen LogP contribution in [0.15, 0.2) is 30.5 Å². The maximum Gasteiger partial charge on any atom is 0.231 e. The molecule has 2 aliphatic rings. The summed E-state index contributed by atoms with van der Waals surface area (Å²) in [7, 11) is 3.37. The Bertz CT molecular complexity index is 1080. The molecule has 0 fully saturated rings. The van der Waals surface area contributed by atoms with Crippen molar-refractivity contribution in [2.75, 3.05) is 21.0 Å². The summed E-state index contributed by atoms with van der Waals surface area (Å²) in [6, 6.07) is 8.40. The quantitative estimate of drug-likeness (QED) is 0.557. The van der Waals surface area contributed by atoms with E-state index in [0.717, 1.165) is 47.8 Å². The van der Waals surface area contributed by atoms with Crippen LogP contribution < -0.4 is 40.5 Å². The van der Waals surface area contributed by atoms with Gasteiger partial charge in [-0.2, -0.15) is 4.57 Å². The molecule has 28 heavy (non-hydrogen) atoms. The van der Waals surface area contributed by atoms with Crippen molar-refractivity contribution >= 4 is 10.8 Å². The number of aromatic nitrogens is 1. The van der Waals surface area contributed by atoms with Gasteiger partial charge in [0.1, 0.15) is 0 Å². The van der Waals surface area contributed by atoms with Crippen molar-refractivity contribution in [2.24, 2.45) is 0 Å². The molecule has 146 valence electrons. The molecule has 5 rings (SSSR count).